The van der Waals surface area contributed by atoms with E-state index in [1.54, 1.807) is 6.20 Å². The average molecular weight is 231 g/mol. The number of nitrogens with zero attached hydrogens (tertiary/aromatic N) is 3. The number of halogens is 1. The number of rotatable bonds is 1. The third-order valence-corrected chi connectivity index (χ3v) is 2.74. The molecule has 0 saturated carbocycles. The highest BCUT2D eigenvalue weighted by Gasteiger charge is 2.11. The lowest BCUT2D eigenvalue weighted by Crippen LogP contribution is -1.90. The molecule has 4 nitrogen and oxygen atoms in total. The summed E-state index contributed by atoms with van der Waals surface area (Å²) in [5.74, 6) is 0. The van der Waals surface area contributed by atoms with Gasteiger partial charge in [0.05, 0.1) is 16.6 Å². The number of aromatic nitrogens is 4. The van der Waals surface area contributed by atoms with Gasteiger partial charge in [0.1, 0.15) is 5.69 Å². The number of H-pyrrole nitrogens is 1. The Bertz CT molecular complexity index is 633. The molecule has 0 bridgehead atoms. The molecule has 0 spiro atoms. The number of hydrogen-bond donors (Lipinski definition) is 1. The first-order valence-corrected chi connectivity index (χ1v) is 5.15. The van der Waals surface area contributed by atoms with Gasteiger partial charge in [-0.3, -0.25) is 5.10 Å². The van der Waals surface area contributed by atoms with Crippen LogP contribution in [0.4, 0.5) is 0 Å². The smallest absolute Gasteiger partial charge is 0.179 e. The molecule has 1 N–H and O–H groups in total. The number of benzene rings is 1. The van der Waals surface area contributed by atoms with Crippen LogP contribution < -0.4 is 0 Å². The van der Waals surface area contributed by atoms with Crippen LogP contribution in [0.25, 0.3) is 22.3 Å². The van der Waals surface area contributed by atoms with Crippen LogP contribution in [0.5, 0.6) is 0 Å². The third-order valence-electron chi connectivity index (χ3n) is 2.36. The maximum atomic E-state index is 6.25. The standard InChI is InChI=1S/C11H7ClN4/c12-9-8-6-13-15-11(8)16-14-10(9)7-4-2-1-3-5-7/h1-6H,(H,13,15,16). The first-order valence-electron chi connectivity index (χ1n) is 4.77. The molecule has 0 saturated heterocycles. The summed E-state index contributed by atoms with van der Waals surface area (Å²) in [6.45, 7) is 0. The maximum absolute atomic E-state index is 6.25. The minimum Gasteiger partial charge on any atom is -0.259 e. The number of hydrogen-bond acceptors (Lipinski definition) is 3. The van der Waals surface area contributed by atoms with Crippen LogP contribution in [0.3, 0.4) is 0 Å². The van der Waals surface area contributed by atoms with Crippen LogP contribution in [0.15, 0.2) is 36.5 Å². The Hall–Kier alpha value is -1.94. The molecule has 0 fully saturated rings. The Kier molecular flexibility index (Phi) is 2.08. The van der Waals surface area contributed by atoms with Gasteiger partial charge in [-0.05, 0) is 0 Å². The number of aromatic amines is 1. The molecule has 0 radical (unpaired) electrons. The predicted molar refractivity (Wildman–Crippen MR) is 62.1 cm³/mol. The average Bonchev–Trinajstić information content (AvgIpc) is 2.80. The summed E-state index contributed by atoms with van der Waals surface area (Å²) >= 11 is 6.25. The Morgan fingerprint density at radius 1 is 1.06 bits per heavy atom. The van der Waals surface area contributed by atoms with E-state index in [-0.39, 0.29) is 0 Å². The molecule has 0 aliphatic rings. The van der Waals surface area contributed by atoms with Crippen molar-refractivity contribution in [3.05, 3.63) is 41.6 Å². The molecule has 2 heterocycles. The summed E-state index contributed by atoms with van der Waals surface area (Å²) in [5.41, 5.74) is 2.23. The molecule has 0 aliphatic heterocycles. The summed E-state index contributed by atoms with van der Waals surface area (Å²) in [4.78, 5) is 0. The van der Waals surface area contributed by atoms with Crippen LogP contribution in [0.2, 0.25) is 5.02 Å². The maximum Gasteiger partial charge on any atom is 0.179 e. The fourth-order valence-electron chi connectivity index (χ4n) is 1.57. The Morgan fingerprint density at radius 3 is 2.69 bits per heavy atom. The van der Waals surface area contributed by atoms with Crippen molar-refractivity contribution in [3.63, 3.8) is 0 Å². The predicted octanol–water partition coefficient (Wildman–Crippen LogP) is 2.67. The Morgan fingerprint density at radius 2 is 1.88 bits per heavy atom. The van der Waals surface area contributed by atoms with Crippen molar-refractivity contribution in [2.24, 2.45) is 0 Å². The van der Waals surface area contributed by atoms with Gasteiger partial charge in [0, 0.05) is 5.56 Å². The number of nitrogens with one attached hydrogen (secondary N) is 1. The highest BCUT2D eigenvalue weighted by atomic mass is 35.5. The van der Waals surface area contributed by atoms with E-state index >= 15 is 0 Å². The van der Waals surface area contributed by atoms with Gasteiger partial charge in [0.15, 0.2) is 5.65 Å². The molecular weight excluding hydrogens is 224 g/mol. The lowest BCUT2D eigenvalue weighted by molar-refractivity contribution is 1.03. The minimum atomic E-state index is 0.574. The monoisotopic (exact) mass is 230 g/mol. The van der Waals surface area contributed by atoms with Crippen molar-refractivity contribution in [1.29, 1.82) is 0 Å². The van der Waals surface area contributed by atoms with E-state index in [4.69, 9.17) is 11.6 Å². The van der Waals surface area contributed by atoms with E-state index in [0.29, 0.717) is 16.4 Å². The molecule has 3 rings (SSSR count). The van der Waals surface area contributed by atoms with Crippen molar-refractivity contribution in [2.45, 2.75) is 0 Å². The Balaban J connectivity index is 2.28. The van der Waals surface area contributed by atoms with Crippen molar-refractivity contribution in [3.8, 4) is 11.3 Å². The SMILES string of the molecule is Clc1c(-c2ccccc2)nnc2[nH]ncc12. The molecule has 2 aromatic heterocycles. The highest BCUT2D eigenvalue weighted by Crippen LogP contribution is 2.29. The van der Waals surface area contributed by atoms with Gasteiger partial charge >= 0.3 is 0 Å². The van der Waals surface area contributed by atoms with Gasteiger partial charge in [-0.2, -0.15) is 5.10 Å². The van der Waals surface area contributed by atoms with Gasteiger partial charge in [-0.25, -0.2) is 0 Å². The fourth-order valence-corrected chi connectivity index (χ4v) is 1.85. The quantitative estimate of drug-likeness (QED) is 0.699. The largest absolute Gasteiger partial charge is 0.259 e. The van der Waals surface area contributed by atoms with Gasteiger partial charge in [-0.15, -0.1) is 10.2 Å². The van der Waals surface area contributed by atoms with E-state index in [1.165, 1.54) is 0 Å². The number of fused-ring (bicyclic) bond motifs is 1. The molecule has 1 aromatic carbocycles. The van der Waals surface area contributed by atoms with Crippen LogP contribution in [-0.4, -0.2) is 20.4 Å². The zero-order chi connectivity index (χ0) is 11.0. The molecular formula is C11H7ClN4. The second-order valence-electron chi connectivity index (χ2n) is 3.36. The molecule has 0 unspecified atom stereocenters. The van der Waals surface area contributed by atoms with E-state index in [2.05, 4.69) is 20.4 Å². The summed E-state index contributed by atoms with van der Waals surface area (Å²) in [6, 6.07) is 9.71. The molecule has 0 amide bonds. The van der Waals surface area contributed by atoms with Crippen molar-refractivity contribution < 1.29 is 0 Å². The van der Waals surface area contributed by atoms with Crippen LogP contribution in [0.1, 0.15) is 0 Å². The Labute approximate surface area is 96.3 Å². The second kappa shape index (κ2) is 3.57. The molecule has 78 valence electrons. The highest BCUT2D eigenvalue weighted by molar-refractivity contribution is 6.37. The molecule has 5 heteroatoms. The van der Waals surface area contributed by atoms with Crippen LogP contribution >= 0.6 is 11.6 Å². The lowest BCUT2D eigenvalue weighted by atomic mass is 10.1. The summed E-state index contributed by atoms with van der Waals surface area (Å²) in [6.07, 6.45) is 1.65. The van der Waals surface area contributed by atoms with Crippen LogP contribution in [-0.2, 0) is 0 Å². The zero-order valence-corrected chi connectivity index (χ0v) is 8.94. The fraction of sp³-hybridized carbons (Fsp3) is 0. The topological polar surface area (TPSA) is 54.5 Å². The summed E-state index contributed by atoms with van der Waals surface area (Å²) < 4.78 is 0. The van der Waals surface area contributed by atoms with E-state index in [0.717, 1.165) is 10.9 Å². The van der Waals surface area contributed by atoms with Crippen molar-refractivity contribution in [2.75, 3.05) is 0 Å². The zero-order valence-electron chi connectivity index (χ0n) is 8.18. The molecule has 3 aromatic rings. The van der Waals surface area contributed by atoms with Crippen LogP contribution in [0, 0.1) is 0 Å². The van der Waals surface area contributed by atoms with Gasteiger partial charge in [0.2, 0.25) is 0 Å². The van der Waals surface area contributed by atoms with E-state index in [9.17, 15) is 0 Å². The van der Waals surface area contributed by atoms with Gasteiger partial charge < -0.3 is 0 Å². The normalized spacial score (nSPS) is 10.8. The van der Waals surface area contributed by atoms with E-state index < -0.39 is 0 Å². The molecule has 0 aliphatic carbocycles. The summed E-state index contributed by atoms with van der Waals surface area (Å²) in [7, 11) is 0. The first-order chi connectivity index (χ1) is 7.86. The van der Waals surface area contributed by atoms with E-state index in [1.807, 2.05) is 30.3 Å². The van der Waals surface area contributed by atoms with Gasteiger partial charge in [0.25, 0.3) is 0 Å². The van der Waals surface area contributed by atoms with Crippen molar-refractivity contribution >= 4 is 22.6 Å². The minimum absolute atomic E-state index is 0.574. The lowest BCUT2D eigenvalue weighted by Gasteiger charge is -2.02. The summed E-state index contributed by atoms with van der Waals surface area (Å²) in [5, 5.41) is 16.1. The second-order valence-corrected chi connectivity index (χ2v) is 3.74. The third kappa shape index (κ3) is 1.35. The van der Waals surface area contributed by atoms with Crippen molar-refractivity contribution in [1.82, 2.24) is 20.4 Å². The first kappa shape index (κ1) is 9.30. The molecule has 16 heavy (non-hydrogen) atoms. The molecule has 0 atom stereocenters. The van der Waals surface area contributed by atoms with Gasteiger partial charge in [-0.1, -0.05) is 41.9 Å².